The smallest absolute Gasteiger partial charge is 0.287 e. The number of aromatic hydroxyl groups is 1. The molecule has 33 heavy (non-hydrogen) atoms. The van der Waals surface area contributed by atoms with E-state index >= 15 is 0 Å². The molecule has 2 amide bonds. The number of hydrogen-bond donors (Lipinski definition) is 2. The zero-order valence-corrected chi connectivity index (χ0v) is 19.1. The molecule has 2 aromatic rings. The van der Waals surface area contributed by atoms with E-state index in [1.165, 1.54) is 20.5 Å². The van der Waals surface area contributed by atoms with Crippen molar-refractivity contribution in [3.05, 3.63) is 41.9 Å². The average molecular weight is 458 g/mol. The lowest BCUT2D eigenvalue weighted by molar-refractivity contribution is -0.132. The summed E-state index contributed by atoms with van der Waals surface area (Å²) in [6, 6.07) is 6.91. The van der Waals surface area contributed by atoms with Crippen molar-refractivity contribution >= 4 is 11.8 Å². The van der Waals surface area contributed by atoms with Crippen molar-refractivity contribution in [2.24, 2.45) is 5.41 Å². The molecular weight excluding hydrogens is 426 g/mol. The number of phenols is 1. The minimum absolute atomic E-state index is 0.0130. The molecule has 0 radical (unpaired) electrons. The number of amides is 2. The molecule has 1 aromatic heterocycles. The lowest BCUT2D eigenvalue weighted by Gasteiger charge is -2.39. The standard InChI is InChI=1S/C24H31N3O6/c1-31-19-12-17(13-20(32-2)22(19)29)15-26-8-5-24(16-26)6-9-27(10-7-24)21(28)14-25-23(30)18-4-3-11-33-18/h3-4,11-13,29H,5-10,14-16H2,1-2H3,(H,25,30). The van der Waals surface area contributed by atoms with Gasteiger partial charge in [0.25, 0.3) is 5.91 Å². The summed E-state index contributed by atoms with van der Waals surface area (Å²) >= 11 is 0. The molecule has 3 heterocycles. The lowest BCUT2D eigenvalue weighted by Crippen LogP contribution is -2.47. The number of methoxy groups -OCH3 is 2. The first kappa shape index (κ1) is 23.0. The van der Waals surface area contributed by atoms with Crippen molar-refractivity contribution in [1.82, 2.24) is 15.1 Å². The van der Waals surface area contributed by atoms with Crippen LogP contribution in [0.15, 0.2) is 34.9 Å². The van der Waals surface area contributed by atoms with E-state index in [0.29, 0.717) is 24.6 Å². The summed E-state index contributed by atoms with van der Waals surface area (Å²) in [6.07, 6.45) is 4.42. The molecule has 9 heteroatoms. The van der Waals surface area contributed by atoms with Gasteiger partial charge in [0.15, 0.2) is 17.3 Å². The summed E-state index contributed by atoms with van der Waals surface area (Å²) in [7, 11) is 3.06. The van der Waals surface area contributed by atoms with E-state index in [0.717, 1.165) is 44.5 Å². The van der Waals surface area contributed by atoms with Crippen LogP contribution in [0.5, 0.6) is 17.2 Å². The van der Waals surface area contributed by atoms with E-state index in [9.17, 15) is 14.7 Å². The molecule has 2 fully saturated rings. The maximum atomic E-state index is 12.6. The van der Waals surface area contributed by atoms with Gasteiger partial charge in [-0.15, -0.1) is 0 Å². The molecule has 9 nitrogen and oxygen atoms in total. The average Bonchev–Trinajstić information content (AvgIpc) is 3.50. The summed E-state index contributed by atoms with van der Waals surface area (Å²) in [4.78, 5) is 28.8. The summed E-state index contributed by atoms with van der Waals surface area (Å²) in [5.74, 6) is 0.585. The zero-order valence-electron chi connectivity index (χ0n) is 19.1. The number of rotatable bonds is 7. The van der Waals surface area contributed by atoms with Gasteiger partial charge in [-0.25, -0.2) is 0 Å². The summed E-state index contributed by atoms with van der Waals surface area (Å²) in [5, 5.41) is 12.8. The Morgan fingerprint density at radius 2 is 1.79 bits per heavy atom. The van der Waals surface area contributed by atoms with Crippen molar-refractivity contribution in [2.45, 2.75) is 25.8 Å². The predicted molar refractivity (Wildman–Crippen MR) is 120 cm³/mol. The van der Waals surface area contributed by atoms with Crippen molar-refractivity contribution in [1.29, 1.82) is 0 Å². The molecular formula is C24H31N3O6. The van der Waals surface area contributed by atoms with Gasteiger partial charge in [-0.05, 0) is 61.1 Å². The van der Waals surface area contributed by atoms with Crippen molar-refractivity contribution in [2.75, 3.05) is 46.9 Å². The molecule has 1 spiro atoms. The molecule has 178 valence electrons. The maximum Gasteiger partial charge on any atom is 0.287 e. The van der Waals surface area contributed by atoms with Gasteiger partial charge in [0.05, 0.1) is 27.0 Å². The second-order valence-corrected chi connectivity index (χ2v) is 8.85. The highest BCUT2D eigenvalue weighted by Crippen LogP contribution is 2.42. The molecule has 2 saturated heterocycles. The number of piperidine rings is 1. The maximum absolute atomic E-state index is 12.6. The van der Waals surface area contributed by atoms with Gasteiger partial charge in [-0.3, -0.25) is 14.5 Å². The monoisotopic (exact) mass is 457 g/mol. The third kappa shape index (κ3) is 5.08. The van der Waals surface area contributed by atoms with Crippen LogP contribution in [0.25, 0.3) is 0 Å². The molecule has 0 unspecified atom stereocenters. The Hall–Kier alpha value is -3.20. The Morgan fingerprint density at radius 1 is 1.12 bits per heavy atom. The minimum Gasteiger partial charge on any atom is -0.502 e. The topological polar surface area (TPSA) is 104 Å². The number of nitrogens with zero attached hydrogens (tertiary/aromatic N) is 2. The summed E-state index contributed by atoms with van der Waals surface area (Å²) in [5.41, 5.74) is 1.23. The van der Waals surface area contributed by atoms with Crippen LogP contribution in [0.1, 0.15) is 35.4 Å². The predicted octanol–water partition coefficient (Wildman–Crippen LogP) is 2.25. The zero-order chi connectivity index (χ0) is 23.4. The SMILES string of the molecule is COc1cc(CN2CCC3(CCN(C(=O)CNC(=O)c4ccco4)CC3)C2)cc(OC)c1O. The Morgan fingerprint density at radius 3 is 2.39 bits per heavy atom. The van der Waals surface area contributed by atoms with Crippen molar-refractivity contribution in [3.63, 3.8) is 0 Å². The molecule has 4 rings (SSSR count). The van der Waals surface area contributed by atoms with E-state index in [2.05, 4.69) is 10.2 Å². The van der Waals surface area contributed by atoms with Crippen LogP contribution in [-0.2, 0) is 11.3 Å². The molecule has 0 saturated carbocycles. The fraction of sp³-hybridized carbons (Fsp3) is 0.500. The van der Waals surface area contributed by atoms with Crippen LogP contribution < -0.4 is 14.8 Å². The summed E-state index contributed by atoms with van der Waals surface area (Å²) in [6.45, 7) is 4.07. The van der Waals surface area contributed by atoms with Crippen molar-refractivity contribution in [3.8, 4) is 17.2 Å². The molecule has 2 aliphatic rings. The second kappa shape index (κ2) is 9.74. The van der Waals surface area contributed by atoms with Crippen molar-refractivity contribution < 1.29 is 28.6 Å². The van der Waals surface area contributed by atoms with Gasteiger partial charge < -0.3 is 29.2 Å². The molecule has 2 N–H and O–H groups in total. The highest BCUT2D eigenvalue weighted by atomic mass is 16.5. The van der Waals surface area contributed by atoms with Crippen LogP contribution in [0.2, 0.25) is 0 Å². The number of carbonyl (C=O) groups is 2. The number of benzene rings is 1. The Bertz CT molecular complexity index is 957. The van der Waals surface area contributed by atoms with Crippen LogP contribution in [0, 0.1) is 5.41 Å². The molecule has 0 bridgehead atoms. The number of carbonyl (C=O) groups excluding carboxylic acids is 2. The van der Waals surface area contributed by atoms with E-state index in [1.54, 1.807) is 12.1 Å². The first-order chi connectivity index (χ1) is 15.9. The van der Waals surface area contributed by atoms with Gasteiger partial charge in [-0.2, -0.15) is 0 Å². The Balaban J connectivity index is 1.27. The lowest BCUT2D eigenvalue weighted by atomic mass is 9.78. The molecule has 2 aliphatic heterocycles. The Labute approximate surface area is 193 Å². The van der Waals surface area contributed by atoms with Crippen LogP contribution in [0.4, 0.5) is 0 Å². The number of nitrogens with one attached hydrogen (secondary N) is 1. The normalized spacial score (nSPS) is 17.8. The van der Waals surface area contributed by atoms with Gasteiger partial charge >= 0.3 is 0 Å². The van der Waals surface area contributed by atoms with Gasteiger partial charge in [0.2, 0.25) is 11.7 Å². The first-order valence-corrected chi connectivity index (χ1v) is 11.2. The molecule has 0 aliphatic carbocycles. The Kier molecular flexibility index (Phi) is 6.78. The van der Waals surface area contributed by atoms with E-state index < -0.39 is 0 Å². The van der Waals surface area contributed by atoms with Gasteiger partial charge in [0.1, 0.15) is 0 Å². The largest absolute Gasteiger partial charge is 0.502 e. The highest BCUT2D eigenvalue weighted by Gasteiger charge is 2.41. The number of likely N-dealkylation sites (tertiary alicyclic amines) is 2. The third-order valence-corrected chi connectivity index (χ3v) is 6.79. The van der Waals surface area contributed by atoms with Crippen LogP contribution >= 0.6 is 0 Å². The molecule has 1 aromatic carbocycles. The van der Waals surface area contributed by atoms with Crippen LogP contribution in [0.3, 0.4) is 0 Å². The summed E-state index contributed by atoms with van der Waals surface area (Å²) < 4.78 is 15.6. The van der Waals surface area contributed by atoms with E-state index in [1.807, 2.05) is 17.0 Å². The highest BCUT2D eigenvalue weighted by molar-refractivity contribution is 5.94. The number of hydrogen-bond acceptors (Lipinski definition) is 7. The molecule has 0 atom stereocenters. The van der Waals surface area contributed by atoms with Gasteiger partial charge in [0, 0.05) is 26.2 Å². The van der Waals surface area contributed by atoms with Gasteiger partial charge in [-0.1, -0.05) is 0 Å². The van der Waals surface area contributed by atoms with E-state index in [-0.39, 0.29) is 35.3 Å². The third-order valence-electron chi connectivity index (χ3n) is 6.79. The number of ether oxygens (including phenoxy) is 2. The number of furan rings is 1. The number of phenolic OH excluding ortho intramolecular Hbond substituents is 1. The van der Waals surface area contributed by atoms with E-state index in [4.69, 9.17) is 13.9 Å². The fourth-order valence-electron chi connectivity index (χ4n) is 4.86. The first-order valence-electron chi connectivity index (χ1n) is 11.2. The second-order valence-electron chi connectivity index (χ2n) is 8.85. The fourth-order valence-corrected chi connectivity index (χ4v) is 4.86. The quantitative estimate of drug-likeness (QED) is 0.657. The van der Waals surface area contributed by atoms with Crippen LogP contribution in [-0.4, -0.2) is 73.7 Å². The minimum atomic E-state index is -0.379.